The van der Waals surface area contributed by atoms with Gasteiger partial charge in [-0.3, -0.25) is 13.6 Å². The Kier molecular flexibility index (Phi) is 5.16. The maximum Gasteiger partial charge on any atom is 0.188 e. The molecule has 1 fully saturated rings. The number of anilines is 2. The Morgan fingerprint density at radius 2 is 2.12 bits per heavy atom. The molecule has 1 aliphatic heterocycles. The van der Waals surface area contributed by atoms with Crippen molar-refractivity contribution in [1.29, 1.82) is 0 Å². The monoisotopic (exact) mass is 486 g/mol. The summed E-state index contributed by atoms with van der Waals surface area (Å²) in [6, 6.07) is 2.11. The molecule has 4 heterocycles. The van der Waals surface area contributed by atoms with Crippen LogP contribution >= 0.6 is 46.9 Å². The fourth-order valence-electron chi connectivity index (χ4n) is 3.13. The zero-order valence-corrected chi connectivity index (χ0v) is 17.8. The average Bonchev–Trinajstić information content (AvgIpc) is 3.22. The quantitative estimate of drug-likeness (QED) is 0.445. The Balaban J connectivity index is 1.60. The lowest BCUT2D eigenvalue weighted by atomic mass is 10.1. The number of imidazole rings is 1. The highest BCUT2D eigenvalue weighted by atomic mass is 127. The van der Waals surface area contributed by atoms with E-state index in [1.54, 1.807) is 4.31 Å². The summed E-state index contributed by atoms with van der Waals surface area (Å²) in [4.78, 5) is 11.6. The van der Waals surface area contributed by atoms with Crippen molar-refractivity contribution in [1.82, 2.24) is 23.6 Å². The van der Waals surface area contributed by atoms with E-state index in [2.05, 4.69) is 47.9 Å². The van der Waals surface area contributed by atoms with Crippen LogP contribution in [0, 0.1) is 10.6 Å². The summed E-state index contributed by atoms with van der Waals surface area (Å²) >= 11 is 8.42. The average molecular weight is 486 g/mol. The number of aryl methyl sites for hydroxylation is 1. The fourth-order valence-corrected chi connectivity index (χ4v) is 4.61. The third kappa shape index (κ3) is 3.64. The number of aromatic nitrogens is 4. The first kappa shape index (κ1) is 17.5. The molecule has 0 radical (unpaired) electrons. The number of halogens is 1. The van der Waals surface area contributed by atoms with Crippen LogP contribution in [0.2, 0.25) is 0 Å². The normalized spacial score (nSPS) is 15.8. The van der Waals surface area contributed by atoms with E-state index >= 15 is 0 Å². The van der Waals surface area contributed by atoms with Crippen molar-refractivity contribution >= 4 is 63.4 Å². The van der Waals surface area contributed by atoms with Gasteiger partial charge in [-0.15, -0.1) is 0 Å². The molecule has 0 amide bonds. The molecule has 0 bridgehead atoms. The number of hydrogen-bond donors (Lipinski definition) is 1. The second kappa shape index (κ2) is 7.37. The summed E-state index contributed by atoms with van der Waals surface area (Å²) in [7, 11) is 0. The smallest absolute Gasteiger partial charge is 0.188 e. The van der Waals surface area contributed by atoms with Gasteiger partial charge in [-0.05, 0) is 73.0 Å². The molecule has 25 heavy (non-hydrogen) atoms. The van der Waals surface area contributed by atoms with E-state index in [1.165, 1.54) is 43.9 Å². The van der Waals surface area contributed by atoms with Crippen molar-refractivity contribution in [2.24, 2.45) is 0 Å². The van der Waals surface area contributed by atoms with Crippen LogP contribution in [-0.2, 0) is 6.54 Å². The number of likely N-dealkylation sites (tertiary alicyclic amines) is 1. The number of hydrogen-bond acceptors (Lipinski definition) is 7. The van der Waals surface area contributed by atoms with Gasteiger partial charge in [0.2, 0.25) is 0 Å². The van der Waals surface area contributed by atoms with Gasteiger partial charge in [-0.2, -0.15) is 4.37 Å². The van der Waals surface area contributed by atoms with Crippen LogP contribution in [0.4, 0.5) is 10.8 Å². The van der Waals surface area contributed by atoms with Crippen LogP contribution in [0.1, 0.15) is 30.7 Å². The van der Waals surface area contributed by atoms with Crippen molar-refractivity contribution in [2.45, 2.75) is 32.7 Å². The fraction of sp³-hybridized carbons (Fsp3) is 0.438. The van der Waals surface area contributed by atoms with Crippen LogP contribution in [0.5, 0.6) is 0 Å². The van der Waals surface area contributed by atoms with E-state index < -0.39 is 0 Å². The molecule has 3 aromatic heterocycles. The van der Waals surface area contributed by atoms with Gasteiger partial charge in [0.15, 0.2) is 11.5 Å². The van der Waals surface area contributed by atoms with Gasteiger partial charge in [0, 0.05) is 12.7 Å². The zero-order chi connectivity index (χ0) is 17.4. The molecule has 132 valence electrons. The van der Waals surface area contributed by atoms with Crippen LogP contribution in [0.3, 0.4) is 0 Å². The molecule has 0 atom stereocenters. The Labute approximate surface area is 170 Å². The molecule has 0 saturated carbocycles. The molecule has 0 N–H and O–H groups in total. The number of piperidine rings is 1. The summed E-state index contributed by atoms with van der Waals surface area (Å²) in [5.74, 6) is 0.736. The van der Waals surface area contributed by atoms with E-state index in [0.29, 0.717) is 0 Å². The lowest BCUT2D eigenvalue weighted by Gasteiger charge is -2.25. The largest absolute Gasteiger partial charge is 0.297 e. The van der Waals surface area contributed by atoms with E-state index in [0.717, 1.165) is 38.1 Å². The number of rotatable bonds is 4. The van der Waals surface area contributed by atoms with Crippen LogP contribution in [-0.4, -0.2) is 36.7 Å². The molecule has 0 unspecified atom stereocenters. The molecule has 6 nitrogen and oxygen atoms in total. The lowest BCUT2D eigenvalue weighted by molar-refractivity contribution is 0.219. The van der Waals surface area contributed by atoms with Crippen molar-refractivity contribution in [3.8, 4) is 0 Å². The van der Waals surface area contributed by atoms with Crippen molar-refractivity contribution in [3.63, 3.8) is 0 Å². The van der Waals surface area contributed by atoms with Crippen LogP contribution in [0.15, 0.2) is 18.5 Å². The molecule has 0 aromatic carbocycles. The van der Waals surface area contributed by atoms with E-state index in [1.807, 2.05) is 23.7 Å². The van der Waals surface area contributed by atoms with Crippen molar-refractivity contribution in [3.05, 3.63) is 33.5 Å². The molecule has 0 spiro atoms. The molecular weight excluding hydrogens is 467 g/mol. The summed E-state index contributed by atoms with van der Waals surface area (Å²) in [5.41, 5.74) is 2.83. The number of fused-ring (bicyclic) bond motifs is 1. The molecule has 0 aliphatic carbocycles. The van der Waals surface area contributed by atoms with Gasteiger partial charge in [0.05, 0.1) is 17.6 Å². The van der Waals surface area contributed by atoms with Gasteiger partial charge in [-0.25, -0.2) is 9.97 Å². The molecular formula is C16H19IN6S2. The summed E-state index contributed by atoms with van der Waals surface area (Å²) in [6.45, 7) is 5.24. The lowest BCUT2D eigenvalue weighted by Crippen LogP contribution is -2.29. The van der Waals surface area contributed by atoms with Crippen molar-refractivity contribution in [2.75, 3.05) is 17.4 Å². The second-order valence-corrected chi connectivity index (χ2v) is 8.57. The second-order valence-electron chi connectivity index (χ2n) is 6.29. The standard InChI is InChI=1S/C16H19IN6S2/c1-11-9-22-13(17)8-18-15(22)16(19-11)23(24)14-7-12(20-25-14)10-21-5-3-2-4-6-21/h7-9,24H,2-6,10H2,1H3. The summed E-state index contributed by atoms with van der Waals surface area (Å²) < 4.78 is 9.50. The first-order chi connectivity index (χ1) is 12.1. The van der Waals surface area contributed by atoms with E-state index in [4.69, 9.17) is 12.8 Å². The first-order valence-electron chi connectivity index (χ1n) is 8.29. The SMILES string of the molecule is Cc1cn2c(I)cnc2c(N(S)c2cc(CN3CCCCC3)ns2)n1. The first-order valence-corrected chi connectivity index (χ1v) is 10.5. The highest BCUT2D eigenvalue weighted by Crippen LogP contribution is 2.33. The maximum atomic E-state index is 4.69. The summed E-state index contributed by atoms with van der Waals surface area (Å²) in [6.07, 6.45) is 7.76. The molecule has 3 aromatic rings. The van der Waals surface area contributed by atoms with Crippen LogP contribution < -0.4 is 4.31 Å². The topological polar surface area (TPSA) is 49.6 Å². The van der Waals surface area contributed by atoms with E-state index in [-0.39, 0.29) is 0 Å². The van der Waals surface area contributed by atoms with Gasteiger partial charge in [0.1, 0.15) is 8.70 Å². The van der Waals surface area contributed by atoms with Crippen molar-refractivity contribution < 1.29 is 0 Å². The molecule has 4 rings (SSSR count). The predicted octanol–water partition coefficient (Wildman–Crippen LogP) is 4.07. The summed E-state index contributed by atoms with van der Waals surface area (Å²) in [5, 5.41) is 0.966. The number of thiol groups is 1. The minimum Gasteiger partial charge on any atom is -0.297 e. The van der Waals surface area contributed by atoms with Gasteiger partial charge < -0.3 is 0 Å². The number of nitrogens with zero attached hydrogens (tertiary/aromatic N) is 6. The third-order valence-corrected chi connectivity index (χ3v) is 6.49. The van der Waals surface area contributed by atoms with Gasteiger partial charge in [0.25, 0.3) is 0 Å². The zero-order valence-electron chi connectivity index (χ0n) is 13.9. The predicted molar refractivity (Wildman–Crippen MR) is 113 cm³/mol. The minimum absolute atomic E-state index is 0.736. The highest BCUT2D eigenvalue weighted by molar-refractivity contribution is 14.1. The maximum absolute atomic E-state index is 4.69. The highest BCUT2D eigenvalue weighted by Gasteiger charge is 2.18. The Morgan fingerprint density at radius 3 is 2.92 bits per heavy atom. The van der Waals surface area contributed by atoms with Crippen LogP contribution in [0.25, 0.3) is 5.65 Å². The molecule has 1 aliphatic rings. The van der Waals surface area contributed by atoms with Gasteiger partial charge >= 0.3 is 0 Å². The minimum atomic E-state index is 0.736. The van der Waals surface area contributed by atoms with Gasteiger partial charge in [-0.1, -0.05) is 19.2 Å². The Bertz CT molecular complexity index is 886. The molecule has 1 saturated heterocycles. The Hall–Kier alpha value is -0.910. The third-order valence-electron chi connectivity index (χ3n) is 4.34. The van der Waals surface area contributed by atoms with E-state index in [9.17, 15) is 0 Å². The molecule has 9 heteroatoms. The Morgan fingerprint density at radius 1 is 1.32 bits per heavy atom.